The standard InChI is InChI=1S/C48H74O3P/c1-29-33-23-30(42(2,3)4)25-35(45(11,12)13)39(33)50-52(49,51-40-34(29)24-31(43(5,6)7)26-36(40)46(14,15)16)41-37(47(17,18)19)27-32(44(8,9)10)28-38(41)48(20,21)22/h23-29,49H,1-22H3/q+1. The lowest BCUT2D eigenvalue weighted by atomic mass is 9.74. The molecule has 52 heavy (non-hydrogen) atoms. The number of hydrogen-bond acceptors (Lipinski definition) is 3. The number of rotatable bonds is 1. The maximum absolute atomic E-state index is 13.9. The fraction of sp³-hybridized carbons (Fsp3) is 0.625. The second kappa shape index (κ2) is 12.9. The summed E-state index contributed by atoms with van der Waals surface area (Å²) in [4.78, 5) is 13.9. The first-order chi connectivity index (χ1) is 23.0. The molecule has 0 fully saturated rings. The Morgan fingerprint density at radius 2 is 0.654 bits per heavy atom. The monoisotopic (exact) mass is 730 g/mol. The Bertz CT molecular complexity index is 1710. The zero-order chi connectivity index (χ0) is 40.2. The van der Waals surface area contributed by atoms with E-state index in [4.69, 9.17) is 9.05 Å². The molecule has 288 valence electrons. The lowest BCUT2D eigenvalue weighted by molar-refractivity contribution is 0.341. The van der Waals surface area contributed by atoms with Crippen LogP contribution in [0, 0.1) is 0 Å². The van der Waals surface area contributed by atoms with E-state index in [9.17, 15) is 4.89 Å². The van der Waals surface area contributed by atoms with E-state index in [2.05, 4.69) is 189 Å². The summed E-state index contributed by atoms with van der Waals surface area (Å²) >= 11 is 0. The summed E-state index contributed by atoms with van der Waals surface area (Å²) in [5.41, 5.74) is 8.88. The van der Waals surface area contributed by atoms with Gasteiger partial charge in [0.1, 0.15) is 0 Å². The van der Waals surface area contributed by atoms with E-state index in [1.54, 1.807) is 0 Å². The van der Waals surface area contributed by atoms with Crippen LogP contribution < -0.4 is 14.4 Å². The van der Waals surface area contributed by atoms with E-state index < -0.39 is 7.94 Å². The van der Waals surface area contributed by atoms with Crippen molar-refractivity contribution in [1.82, 2.24) is 0 Å². The van der Waals surface area contributed by atoms with Crippen LogP contribution in [0.3, 0.4) is 0 Å². The summed E-state index contributed by atoms with van der Waals surface area (Å²) in [5, 5.41) is 0.812. The average molecular weight is 730 g/mol. The van der Waals surface area contributed by atoms with Gasteiger partial charge in [-0.25, -0.2) is 0 Å². The fourth-order valence-electron chi connectivity index (χ4n) is 7.17. The Hall–Kier alpha value is -2.35. The zero-order valence-corrected chi connectivity index (χ0v) is 38.1. The van der Waals surface area contributed by atoms with Gasteiger partial charge in [0.2, 0.25) is 5.30 Å². The summed E-state index contributed by atoms with van der Waals surface area (Å²) < 4.78 is 14.9. The predicted molar refractivity (Wildman–Crippen MR) is 228 cm³/mol. The summed E-state index contributed by atoms with van der Waals surface area (Å²) in [7, 11) is -3.92. The van der Waals surface area contributed by atoms with E-state index in [0.29, 0.717) is 0 Å². The SMILES string of the molecule is CC1c2cc(C(C)(C)C)cc(C(C)(C)C)c2O[P+](O)(c2c(C(C)(C)C)cc(C(C)(C)C)cc2C(C)(C)C)Oc2c1cc(C(C)(C)C)cc2C(C)(C)C. The van der Waals surface area contributed by atoms with Gasteiger partial charge in [0.25, 0.3) is 0 Å². The van der Waals surface area contributed by atoms with Crippen LogP contribution in [0.25, 0.3) is 0 Å². The van der Waals surface area contributed by atoms with Crippen LogP contribution in [-0.2, 0) is 37.9 Å². The molecule has 4 rings (SSSR count). The normalized spacial score (nSPS) is 19.2. The largest absolute Gasteiger partial charge is 0.533 e. The van der Waals surface area contributed by atoms with Crippen molar-refractivity contribution in [3.8, 4) is 11.5 Å². The Morgan fingerprint density at radius 1 is 0.404 bits per heavy atom. The molecule has 1 aliphatic heterocycles. The molecule has 0 unspecified atom stereocenters. The molecule has 1 aliphatic rings. The van der Waals surface area contributed by atoms with Gasteiger partial charge in [-0.15, -0.1) is 0 Å². The molecule has 0 saturated heterocycles. The fourth-order valence-corrected chi connectivity index (χ4v) is 9.70. The molecule has 3 nitrogen and oxygen atoms in total. The van der Waals surface area contributed by atoms with Crippen LogP contribution in [0.2, 0.25) is 0 Å². The van der Waals surface area contributed by atoms with Gasteiger partial charge in [-0.1, -0.05) is 189 Å². The average Bonchev–Trinajstić information content (AvgIpc) is 2.91. The lowest BCUT2D eigenvalue weighted by Crippen LogP contribution is -2.38. The van der Waals surface area contributed by atoms with Crippen LogP contribution in [-0.4, -0.2) is 4.89 Å². The second-order valence-electron chi connectivity index (χ2n) is 23.0. The van der Waals surface area contributed by atoms with Gasteiger partial charge in [-0.2, -0.15) is 4.89 Å². The summed E-state index contributed by atoms with van der Waals surface area (Å²) in [5.74, 6) is 1.46. The molecule has 0 spiro atoms. The summed E-state index contributed by atoms with van der Waals surface area (Å²) in [6, 6.07) is 14.0. The highest BCUT2D eigenvalue weighted by Crippen LogP contribution is 2.64. The number of benzene rings is 3. The Balaban J connectivity index is 2.38. The van der Waals surface area contributed by atoms with Crippen molar-refractivity contribution in [2.75, 3.05) is 0 Å². The van der Waals surface area contributed by atoms with Crippen molar-refractivity contribution < 1.29 is 13.9 Å². The molecule has 0 aliphatic carbocycles. The molecule has 0 bridgehead atoms. The van der Waals surface area contributed by atoms with E-state index >= 15 is 0 Å². The maximum atomic E-state index is 13.9. The van der Waals surface area contributed by atoms with E-state index in [1.165, 1.54) is 16.7 Å². The van der Waals surface area contributed by atoms with Gasteiger partial charge >= 0.3 is 7.94 Å². The first-order valence-electron chi connectivity index (χ1n) is 19.6. The van der Waals surface area contributed by atoms with E-state index in [-0.39, 0.29) is 43.8 Å². The van der Waals surface area contributed by atoms with Crippen LogP contribution in [0.15, 0.2) is 36.4 Å². The quantitative estimate of drug-likeness (QED) is 0.254. The van der Waals surface area contributed by atoms with Gasteiger partial charge in [0.05, 0.1) is 0 Å². The molecule has 3 aromatic carbocycles. The third kappa shape index (κ3) is 8.32. The van der Waals surface area contributed by atoms with Crippen molar-refractivity contribution in [2.45, 2.75) is 196 Å². The minimum atomic E-state index is -3.92. The van der Waals surface area contributed by atoms with Gasteiger partial charge in [0, 0.05) is 39.3 Å². The highest BCUT2D eigenvalue weighted by molar-refractivity contribution is 7.69. The van der Waals surface area contributed by atoms with Gasteiger partial charge in [-0.05, 0) is 54.6 Å². The summed E-state index contributed by atoms with van der Waals surface area (Å²) in [6.45, 7) is 49.8. The van der Waals surface area contributed by atoms with Gasteiger partial charge < -0.3 is 0 Å². The molecular formula is C48H74O3P+. The predicted octanol–water partition coefficient (Wildman–Crippen LogP) is 13.8. The third-order valence-corrected chi connectivity index (χ3v) is 12.7. The minimum absolute atomic E-state index is 0.0574. The summed E-state index contributed by atoms with van der Waals surface area (Å²) in [6.07, 6.45) is 0. The van der Waals surface area contributed by atoms with Crippen LogP contribution in [0.4, 0.5) is 0 Å². The molecular weight excluding hydrogens is 655 g/mol. The molecule has 0 radical (unpaired) electrons. The first-order valence-corrected chi connectivity index (χ1v) is 21.1. The van der Waals surface area contributed by atoms with Crippen molar-refractivity contribution in [1.29, 1.82) is 0 Å². The highest BCUT2D eigenvalue weighted by Gasteiger charge is 2.57. The molecule has 0 aromatic heterocycles. The molecule has 1 N–H and O–H groups in total. The van der Waals surface area contributed by atoms with Crippen LogP contribution in [0.5, 0.6) is 11.5 Å². The molecule has 1 heterocycles. The maximum Gasteiger partial charge on any atom is 0.533 e. The van der Waals surface area contributed by atoms with Crippen molar-refractivity contribution in [3.05, 3.63) is 86.5 Å². The third-order valence-electron chi connectivity index (χ3n) is 10.8. The van der Waals surface area contributed by atoms with Crippen molar-refractivity contribution >= 4 is 13.2 Å². The van der Waals surface area contributed by atoms with Gasteiger partial charge in [0.15, 0.2) is 11.5 Å². The zero-order valence-electron chi connectivity index (χ0n) is 37.3. The highest BCUT2D eigenvalue weighted by atomic mass is 31.2. The first kappa shape index (κ1) is 42.4. The smallest absolute Gasteiger partial charge is 0.273 e. The molecule has 0 saturated carbocycles. The van der Waals surface area contributed by atoms with E-state index in [0.717, 1.165) is 50.2 Å². The second-order valence-corrected chi connectivity index (χ2v) is 24.8. The molecule has 3 aromatic rings. The molecule has 4 heteroatoms. The Labute approximate surface area is 320 Å². The Morgan fingerprint density at radius 3 is 0.904 bits per heavy atom. The Kier molecular flexibility index (Phi) is 10.5. The van der Waals surface area contributed by atoms with Crippen LogP contribution >= 0.6 is 7.94 Å². The number of hydrogen-bond donors (Lipinski definition) is 1. The molecule has 0 atom stereocenters. The van der Waals surface area contributed by atoms with Gasteiger partial charge in [-0.3, -0.25) is 9.05 Å². The molecule has 0 amide bonds. The lowest BCUT2D eigenvalue weighted by Gasteiger charge is -2.38. The van der Waals surface area contributed by atoms with E-state index in [1.807, 2.05) is 0 Å². The van der Waals surface area contributed by atoms with Crippen molar-refractivity contribution in [3.63, 3.8) is 0 Å². The van der Waals surface area contributed by atoms with Crippen molar-refractivity contribution in [2.24, 2.45) is 0 Å². The topological polar surface area (TPSA) is 38.7 Å². The minimum Gasteiger partial charge on any atom is -0.273 e. The van der Waals surface area contributed by atoms with Crippen LogP contribution in [0.1, 0.15) is 208 Å². The number of fused-ring (bicyclic) bond motifs is 2.